The first-order valence-corrected chi connectivity index (χ1v) is 7.14. The van der Waals surface area contributed by atoms with Crippen molar-refractivity contribution in [3.05, 3.63) is 24.0 Å². The monoisotopic (exact) mass is 296 g/mol. The van der Waals surface area contributed by atoms with Crippen LogP contribution in [0.2, 0.25) is 0 Å². The highest BCUT2D eigenvalue weighted by Gasteiger charge is 2.26. The lowest BCUT2D eigenvalue weighted by atomic mass is 10.1. The molecule has 1 aliphatic rings. The van der Waals surface area contributed by atoms with Crippen molar-refractivity contribution in [2.45, 2.75) is 25.8 Å². The van der Waals surface area contributed by atoms with Crippen LogP contribution in [0.25, 0.3) is 0 Å². The van der Waals surface area contributed by atoms with Gasteiger partial charge >= 0.3 is 6.03 Å². The van der Waals surface area contributed by atoms with Gasteiger partial charge in [0.15, 0.2) is 11.6 Å². The van der Waals surface area contributed by atoms with E-state index in [-0.39, 0.29) is 17.8 Å². The van der Waals surface area contributed by atoms with Crippen molar-refractivity contribution < 1.29 is 18.7 Å². The summed E-state index contributed by atoms with van der Waals surface area (Å²) in [6.45, 7) is 3.75. The average molecular weight is 296 g/mol. The Hall–Kier alpha value is -1.82. The normalized spacial score (nSPS) is 18.4. The molecule has 1 atom stereocenters. The van der Waals surface area contributed by atoms with Crippen LogP contribution in [0.4, 0.5) is 14.9 Å². The second kappa shape index (κ2) is 7.26. The summed E-state index contributed by atoms with van der Waals surface area (Å²) in [7, 11) is 1.39. The molecule has 0 aliphatic carbocycles. The summed E-state index contributed by atoms with van der Waals surface area (Å²) in [6.07, 6.45) is 1.89. The zero-order valence-electron chi connectivity index (χ0n) is 12.4. The molecular weight excluding hydrogens is 275 g/mol. The second-order valence-corrected chi connectivity index (χ2v) is 4.99. The van der Waals surface area contributed by atoms with Crippen LogP contribution in [-0.4, -0.2) is 43.8 Å². The molecule has 21 heavy (non-hydrogen) atoms. The van der Waals surface area contributed by atoms with Gasteiger partial charge in [-0.1, -0.05) is 13.3 Å². The molecule has 1 heterocycles. The standard InChI is InChI=1S/C15H21FN2O3/c1-3-4-12-10-21-8-7-18(12)15(19)17-11-5-6-13(16)14(9-11)20-2/h5-6,9,12H,3-4,7-8,10H2,1-2H3,(H,17,19). The lowest BCUT2D eigenvalue weighted by Gasteiger charge is -2.35. The number of anilines is 1. The van der Waals surface area contributed by atoms with Gasteiger partial charge in [-0.3, -0.25) is 0 Å². The molecule has 1 aliphatic heterocycles. The number of nitrogens with zero attached hydrogens (tertiary/aromatic N) is 1. The maximum atomic E-state index is 13.4. The Kier molecular flexibility index (Phi) is 5.38. The number of halogens is 1. The van der Waals surface area contributed by atoms with Gasteiger partial charge in [-0.25, -0.2) is 9.18 Å². The molecule has 0 saturated carbocycles. The first-order chi connectivity index (χ1) is 10.2. The Balaban J connectivity index is 2.05. The molecule has 1 saturated heterocycles. The summed E-state index contributed by atoms with van der Waals surface area (Å²) in [4.78, 5) is 14.1. The zero-order chi connectivity index (χ0) is 15.2. The molecule has 0 spiro atoms. The predicted octanol–water partition coefficient (Wildman–Crippen LogP) is 2.87. The Morgan fingerprint density at radius 1 is 1.57 bits per heavy atom. The van der Waals surface area contributed by atoms with Gasteiger partial charge in [0, 0.05) is 18.3 Å². The molecule has 1 aromatic rings. The molecule has 6 heteroatoms. The summed E-state index contributed by atoms with van der Waals surface area (Å²) in [6, 6.07) is 4.17. The highest BCUT2D eigenvalue weighted by molar-refractivity contribution is 5.89. The number of morpholine rings is 1. The summed E-state index contributed by atoms with van der Waals surface area (Å²) in [5.41, 5.74) is 0.514. The number of carbonyl (C=O) groups is 1. The number of amides is 2. The molecule has 0 bridgehead atoms. The minimum atomic E-state index is -0.453. The third kappa shape index (κ3) is 3.85. The van der Waals surface area contributed by atoms with Crippen LogP contribution in [0.15, 0.2) is 18.2 Å². The largest absolute Gasteiger partial charge is 0.494 e. The molecule has 2 rings (SSSR count). The summed E-state index contributed by atoms with van der Waals surface area (Å²) in [5, 5.41) is 2.79. The van der Waals surface area contributed by atoms with Gasteiger partial charge in [0.05, 0.1) is 26.4 Å². The fraction of sp³-hybridized carbons (Fsp3) is 0.533. The lowest BCUT2D eigenvalue weighted by Crippen LogP contribution is -2.50. The molecule has 1 N–H and O–H groups in total. The number of ether oxygens (including phenoxy) is 2. The van der Waals surface area contributed by atoms with Crippen LogP contribution < -0.4 is 10.1 Å². The Bertz CT molecular complexity index is 494. The van der Waals surface area contributed by atoms with E-state index in [9.17, 15) is 9.18 Å². The highest BCUT2D eigenvalue weighted by Crippen LogP contribution is 2.22. The van der Waals surface area contributed by atoms with Gasteiger partial charge < -0.3 is 19.7 Å². The van der Waals surface area contributed by atoms with E-state index in [1.54, 1.807) is 4.90 Å². The van der Waals surface area contributed by atoms with E-state index in [1.165, 1.54) is 25.3 Å². The minimum absolute atomic E-state index is 0.0890. The highest BCUT2D eigenvalue weighted by atomic mass is 19.1. The van der Waals surface area contributed by atoms with Crippen LogP contribution in [-0.2, 0) is 4.74 Å². The topological polar surface area (TPSA) is 50.8 Å². The van der Waals surface area contributed by atoms with Gasteiger partial charge in [0.2, 0.25) is 0 Å². The first-order valence-electron chi connectivity index (χ1n) is 7.14. The molecule has 5 nitrogen and oxygen atoms in total. The number of hydrogen-bond donors (Lipinski definition) is 1. The van der Waals surface area contributed by atoms with E-state index >= 15 is 0 Å². The summed E-state index contributed by atoms with van der Waals surface area (Å²) < 4.78 is 23.7. The number of benzene rings is 1. The van der Waals surface area contributed by atoms with E-state index in [0.717, 1.165) is 12.8 Å². The Morgan fingerprint density at radius 3 is 3.10 bits per heavy atom. The predicted molar refractivity (Wildman–Crippen MR) is 78.2 cm³/mol. The zero-order valence-corrected chi connectivity index (χ0v) is 12.4. The first kappa shape index (κ1) is 15.6. The van der Waals surface area contributed by atoms with Crippen LogP contribution in [0, 0.1) is 5.82 Å². The van der Waals surface area contributed by atoms with E-state index in [0.29, 0.717) is 25.4 Å². The average Bonchev–Trinajstić information content (AvgIpc) is 2.50. The smallest absolute Gasteiger partial charge is 0.322 e. The second-order valence-electron chi connectivity index (χ2n) is 4.99. The Morgan fingerprint density at radius 2 is 2.38 bits per heavy atom. The molecule has 116 valence electrons. The quantitative estimate of drug-likeness (QED) is 0.929. The van der Waals surface area contributed by atoms with E-state index in [4.69, 9.17) is 9.47 Å². The van der Waals surface area contributed by atoms with Crippen molar-refractivity contribution >= 4 is 11.7 Å². The third-order valence-corrected chi connectivity index (χ3v) is 3.51. The van der Waals surface area contributed by atoms with Crippen molar-refractivity contribution in [3.8, 4) is 5.75 Å². The van der Waals surface area contributed by atoms with Gasteiger partial charge in [0.25, 0.3) is 0 Å². The number of hydrogen-bond acceptors (Lipinski definition) is 3. The van der Waals surface area contributed by atoms with Crippen molar-refractivity contribution in [2.75, 3.05) is 32.2 Å². The fourth-order valence-electron chi connectivity index (χ4n) is 2.43. The van der Waals surface area contributed by atoms with E-state index < -0.39 is 5.82 Å². The van der Waals surface area contributed by atoms with Gasteiger partial charge in [-0.05, 0) is 18.6 Å². The molecule has 1 unspecified atom stereocenters. The summed E-state index contributed by atoms with van der Waals surface area (Å²) in [5.74, 6) is -0.342. The summed E-state index contributed by atoms with van der Waals surface area (Å²) >= 11 is 0. The molecule has 0 aromatic heterocycles. The van der Waals surface area contributed by atoms with Crippen molar-refractivity contribution in [1.82, 2.24) is 4.90 Å². The van der Waals surface area contributed by atoms with Gasteiger partial charge in [0.1, 0.15) is 0 Å². The molecule has 1 aromatic carbocycles. The molecule has 0 radical (unpaired) electrons. The van der Waals surface area contributed by atoms with E-state index in [1.807, 2.05) is 0 Å². The van der Waals surface area contributed by atoms with Crippen molar-refractivity contribution in [2.24, 2.45) is 0 Å². The molecule has 2 amide bonds. The van der Waals surface area contributed by atoms with Crippen molar-refractivity contribution in [1.29, 1.82) is 0 Å². The number of rotatable bonds is 4. The molecular formula is C15H21FN2O3. The number of carbonyl (C=O) groups excluding carboxylic acids is 1. The van der Waals surface area contributed by atoms with Crippen LogP contribution in [0.3, 0.4) is 0 Å². The van der Waals surface area contributed by atoms with Crippen LogP contribution in [0.5, 0.6) is 5.75 Å². The fourth-order valence-corrected chi connectivity index (χ4v) is 2.43. The SMILES string of the molecule is CCCC1COCCN1C(=O)Nc1ccc(F)c(OC)c1. The van der Waals surface area contributed by atoms with Gasteiger partial charge in [-0.15, -0.1) is 0 Å². The minimum Gasteiger partial charge on any atom is -0.494 e. The van der Waals surface area contributed by atoms with Crippen molar-refractivity contribution in [3.63, 3.8) is 0 Å². The van der Waals surface area contributed by atoms with Crippen LogP contribution >= 0.6 is 0 Å². The third-order valence-electron chi connectivity index (χ3n) is 3.51. The number of methoxy groups -OCH3 is 1. The van der Waals surface area contributed by atoms with Gasteiger partial charge in [-0.2, -0.15) is 0 Å². The number of urea groups is 1. The number of nitrogens with one attached hydrogen (secondary N) is 1. The van der Waals surface area contributed by atoms with E-state index in [2.05, 4.69) is 12.2 Å². The lowest BCUT2D eigenvalue weighted by molar-refractivity contribution is 0.0125. The maximum absolute atomic E-state index is 13.4. The molecule has 1 fully saturated rings. The maximum Gasteiger partial charge on any atom is 0.322 e. The Labute approximate surface area is 124 Å². The van der Waals surface area contributed by atoms with Crippen LogP contribution in [0.1, 0.15) is 19.8 Å².